The van der Waals surface area contributed by atoms with Crippen molar-refractivity contribution in [2.75, 3.05) is 0 Å². The maximum atomic E-state index is 11.9. The number of benzene rings is 2. The van der Waals surface area contributed by atoms with Crippen LogP contribution in [0.1, 0.15) is 59.9 Å². The minimum Gasteiger partial charge on any atom is -0.507 e. The first-order valence-electron chi connectivity index (χ1n) is 9.56. The molecule has 0 aliphatic rings. The number of hydrogen-bond donors (Lipinski definition) is 4. The van der Waals surface area contributed by atoms with Crippen LogP contribution in [0.5, 0.6) is 11.5 Å². The summed E-state index contributed by atoms with van der Waals surface area (Å²) in [6.07, 6.45) is 5.78. The molecule has 0 aliphatic carbocycles. The lowest BCUT2D eigenvalue weighted by Gasteiger charge is -2.15. The van der Waals surface area contributed by atoms with Gasteiger partial charge in [0.1, 0.15) is 17.1 Å². The van der Waals surface area contributed by atoms with Crippen molar-refractivity contribution in [2.45, 2.75) is 40.0 Å². The molecule has 0 bridgehead atoms. The van der Waals surface area contributed by atoms with Gasteiger partial charge in [0.2, 0.25) is 0 Å². The number of aromatic carboxylic acids is 2. The van der Waals surface area contributed by atoms with Gasteiger partial charge in [0.25, 0.3) is 0 Å². The summed E-state index contributed by atoms with van der Waals surface area (Å²) < 4.78 is 0. The summed E-state index contributed by atoms with van der Waals surface area (Å²) in [4.78, 5) is 23.4. The van der Waals surface area contributed by atoms with Gasteiger partial charge in [-0.15, -0.1) is 0 Å². The Morgan fingerprint density at radius 2 is 1.60 bits per heavy atom. The molecule has 0 radical (unpaired) electrons. The van der Waals surface area contributed by atoms with Crippen LogP contribution in [0.25, 0.3) is 11.1 Å². The van der Waals surface area contributed by atoms with Gasteiger partial charge in [0, 0.05) is 11.1 Å². The van der Waals surface area contributed by atoms with E-state index in [0.29, 0.717) is 0 Å². The van der Waals surface area contributed by atoms with Crippen molar-refractivity contribution in [3.8, 4) is 22.6 Å². The second-order valence-electron chi connectivity index (χ2n) is 7.38. The fraction of sp³-hybridized carbons (Fsp3) is 0.250. The summed E-state index contributed by atoms with van der Waals surface area (Å²) >= 11 is 0. The first-order valence-corrected chi connectivity index (χ1v) is 9.56. The summed E-state index contributed by atoms with van der Waals surface area (Å²) in [7, 11) is 0. The number of phenolic OH excluding ortho intramolecular Hbond substituents is 1. The van der Waals surface area contributed by atoms with Crippen molar-refractivity contribution in [3.05, 3.63) is 70.3 Å². The van der Waals surface area contributed by atoms with E-state index in [1.54, 1.807) is 6.07 Å². The van der Waals surface area contributed by atoms with E-state index in [9.17, 15) is 30.0 Å². The first-order chi connectivity index (χ1) is 14.1. The van der Waals surface area contributed by atoms with Gasteiger partial charge in [0.15, 0.2) is 0 Å². The Bertz CT molecular complexity index is 1030. The molecule has 6 heteroatoms. The standard InChI is InChI=1S/C24H26O6/c1-14(2)7-6-8-15(3)11-12-18-20(25)13-19(21(22(18)26)24(29)30)16-9-4-5-10-17(16)23(27)28/h4-5,7,9-11,13,25-26H,6,8,12H2,1-3H3,(H,27,28)(H,29,30). The zero-order valence-electron chi connectivity index (χ0n) is 17.3. The fourth-order valence-corrected chi connectivity index (χ4v) is 3.20. The van der Waals surface area contributed by atoms with Crippen LogP contribution >= 0.6 is 0 Å². The Morgan fingerprint density at radius 3 is 2.20 bits per heavy atom. The van der Waals surface area contributed by atoms with E-state index < -0.39 is 23.3 Å². The van der Waals surface area contributed by atoms with Gasteiger partial charge in [-0.05, 0) is 57.7 Å². The lowest BCUT2D eigenvalue weighted by atomic mass is 9.91. The van der Waals surface area contributed by atoms with Gasteiger partial charge in [0.05, 0.1) is 5.56 Å². The molecule has 0 amide bonds. The smallest absolute Gasteiger partial charge is 0.340 e. The number of rotatable bonds is 8. The quantitative estimate of drug-likeness (QED) is 0.433. The highest BCUT2D eigenvalue weighted by Crippen LogP contribution is 2.40. The molecule has 2 rings (SSSR count). The van der Waals surface area contributed by atoms with Crippen LogP contribution < -0.4 is 0 Å². The third-order valence-electron chi connectivity index (χ3n) is 4.79. The fourth-order valence-electron chi connectivity index (χ4n) is 3.20. The van der Waals surface area contributed by atoms with Gasteiger partial charge >= 0.3 is 11.9 Å². The predicted octanol–water partition coefficient (Wildman–Crippen LogP) is 5.40. The van der Waals surface area contributed by atoms with E-state index in [-0.39, 0.29) is 34.4 Å². The van der Waals surface area contributed by atoms with E-state index >= 15 is 0 Å². The summed E-state index contributed by atoms with van der Waals surface area (Å²) in [5.74, 6) is -3.50. The third kappa shape index (κ3) is 5.29. The third-order valence-corrected chi connectivity index (χ3v) is 4.79. The topological polar surface area (TPSA) is 115 Å². The molecule has 0 atom stereocenters. The number of phenols is 2. The minimum atomic E-state index is -1.41. The average Bonchev–Trinajstić information content (AvgIpc) is 2.66. The highest BCUT2D eigenvalue weighted by atomic mass is 16.4. The van der Waals surface area contributed by atoms with Crippen LogP contribution in [-0.4, -0.2) is 32.4 Å². The zero-order chi connectivity index (χ0) is 22.4. The Balaban J connectivity index is 2.51. The number of hydrogen-bond acceptors (Lipinski definition) is 4. The molecule has 0 heterocycles. The SMILES string of the molecule is CC(C)=CCCC(C)=CCc1c(O)cc(-c2ccccc2C(=O)O)c(C(=O)O)c1O. The summed E-state index contributed by atoms with van der Waals surface area (Å²) in [5, 5.41) is 40.2. The normalized spacial score (nSPS) is 11.2. The highest BCUT2D eigenvalue weighted by Gasteiger charge is 2.25. The van der Waals surface area contributed by atoms with Gasteiger partial charge < -0.3 is 20.4 Å². The van der Waals surface area contributed by atoms with E-state index in [0.717, 1.165) is 18.4 Å². The summed E-state index contributed by atoms with van der Waals surface area (Å²) in [6.45, 7) is 5.97. The van der Waals surface area contributed by atoms with Gasteiger partial charge in [-0.3, -0.25) is 0 Å². The van der Waals surface area contributed by atoms with Gasteiger partial charge in [-0.1, -0.05) is 41.5 Å². The molecule has 0 saturated heterocycles. The van der Waals surface area contributed by atoms with Crippen LogP contribution in [0.4, 0.5) is 0 Å². The van der Waals surface area contributed by atoms with Crippen LogP contribution in [0.2, 0.25) is 0 Å². The lowest BCUT2D eigenvalue weighted by molar-refractivity contribution is 0.0682. The molecule has 2 aromatic carbocycles. The van der Waals surface area contributed by atoms with Gasteiger partial charge in [-0.2, -0.15) is 0 Å². The number of allylic oxidation sites excluding steroid dienone is 4. The van der Waals surface area contributed by atoms with Crippen LogP contribution in [0.3, 0.4) is 0 Å². The molecule has 0 unspecified atom stereocenters. The molecule has 6 nitrogen and oxygen atoms in total. The molecule has 0 aromatic heterocycles. The Hall–Kier alpha value is -3.54. The van der Waals surface area contributed by atoms with Crippen molar-refractivity contribution in [2.24, 2.45) is 0 Å². The largest absolute Gasteiger partial charge is 0.507 e. The molecule has 0 spiro atoms. The Kier molecular flexibility index (Phi) is 7.42. The minimum absolute atomic E-state index is 0.0523. The zero-order valence-corrected chi connectivity index (χ0v) is 17.3. The number of carboxylic acid groups (broad SMARTS) is 2. The summed E-state index contributed by atoms with van der Waals surface area (Å²) in [6, 6.07) is 7.06. The molecular weight excluding hydrogens is 384 g/mol. The van der Waals surface area contributed by atoms with E-state index in [2.05, 4.69) is 6.08 Å². The lowest BCUT2D eigenvalue weighted by Crippen LogP contribution is -2.06. The van der Waals surface area contributed by atoms with E-state index in [4.69, 9.17) is 0 Å². The highest BCUT2D eigenvalue weighted by molar-refractivity contribution is 6.04. The summed E-state index contributed by atoms with van der Waals surface area (Å²) in [5.41, 5.74) is 1.85. The van der Waals surface area contributed by atoms with Crippen molar-refractivity contribution < 1.29 is 30.0 Å². The second-order valence-corrected chi connectivity index (χ2v) is 7.38. The number of aromatic hydroxyl groups is 2. The van der Waals surface area contributed by atoms with Crippen molar-refractivity contribution >= 4 is 11.9 Å². The predicted molar refractivity (Wildman–Crippen MR) is 115 cm³/mol. The second kappa shape index (κ2) is 9.78. The molecule has 0 aliphatic heterocycles. The van der Waals surface area contributed by atoms with E-state index in [1.165, 1.54) is 29.8 Å². The molecule has 30 heavy (non-hydrogen) atoms. The molecule has 0 fully saturated rings. The Labute approximate surface area is 175 Å². The number of carboxylic acids is 2. The van der Waals surface area contributed by atoms with Crippen molar-refractivity contribution in [1.82, 2.24) is 0 Å². The van der Waals surface area contributed by atoms with Crippen LogP contribution in [0.15, 0.2) is 53.6 Å². The van der Waals surface area contributed by atoms with Crippen molar-refractivity contribution in [3.63, 3.8) is 0 Å². The maximum absolute atomic E-state index is 11.9. The maximum Gasteiger partial charge on any atom is 0.340 e. The molecule has 0 saturated carbocycles. The van der Waals surface area contributed by atoms with Gasteiger partial charge in [-0.25, -0.2) is 9.59 Å². The van der Waals surface area contributed by atoms with E-state index in [1.807, 2.05) is 26.8 Å². The first kappa shape index (κ1) is 22.7. The van der Waals surface area contributed by atoms with Crippen LogP contribution in [0, 0.1) is 0 Å². The molecular formula is C24H26O6. The number of carbonyl (C=O) groups is 2. The molecule has 4 N–H and O–H groups in total. The van der Waals surface area contributed by atoms with Crippen LogP contribution in [-0.2, 0) is 6.42 Å². The molecule has 2 aromatic rings. The Morgan fingerprint density at radius 1 is 0.933 bits per heavy atom. The average molecular weight is 410 g/mol. The monoisotopic (exact) mass is 410 g/mol. The van der Waals surface area contributed by atoms with Crippen molar-refractivity contribution in [1.29, 1.82) is 0 Å². The molecule has 158 valence electrons.